The highest BCUT2D eigenvalue weighted by atomic mass is 32.1. The van der Waals surface area contributed by atoms with Gasteiger partial charge in [0.05, 0.1) is 22.1 Å². The average molecular weight is 627 g/mol. The van der Waals surface area contributed by atoms with E-state index in [4.69, 9.17) is 5.11 Å². The van der Waals surface area contributed by atoms with E-state index in [0.717, 1.165) is 66.6 Å². The molecule has 1 aliphatic rings. The summed E-state index contributed by atoms with van der Waals surface area (Å²) >= 11 is 1.61. The van der Waals surface area contributed by atoms with Crippen molar-refractivity contribution >= 4 is 35.0 Å². The van der Waals surface area contributed by atoms with Gasteiger partial charge in [-0.15, -0.1) is 11.3 Å². The van der Waals surface area contributed by atoms with Crippen molar-refractivity contribution < 1.29 is 24.3 Å². The molecule has 1 fully saturated rings. The summed E-state index contributed by atoms with van der Waals surface area (Å²) < 4.78 is 0. The fraction of sp³-hybridized carbons (Fsp3) is 0.618. The lowest BCUT2D eigenvalue weighted by Gasteiger charge is -2.35. The number of thiazole rings is 1. The topological polar surface area (TPSA) is 129 Å². The smallest absolute Gasteiger partial charge is 0.303 e. The SMILES string of the molecule is Cc1ncsc1-c1ccc([C@H](C)NC(=O)[C@@H]2CCCN2C(=O)[C@@H](NC(=O)CCCCCCCCCC(=O)O)C(C)(C)C)cc1. The molecule has 0 spiro atoms. The zero-order valence-corrected chi connectivity index (χ0v) is 27.8. The van der Waals surface area contributed by atoms with E-state index in [2.05, 4.69) is 15.6 Å². The molecule has 44 heavy (non-hydrogen) atoms. The van der Waals surface area contributed by atoms with Crippen LogP contribution in [0.5, 0.6) is 0 Å². The highest BCUT2D eigenvalue weighted by molar-refractivity contribution is 7.13. The molecule has 9 nitrogen and oxygen atoms in total. The molecular formula is C34H50N4O5S. The molecule has 3 N–H and O–H groups in total. The van der Waals surface area contributed by atoms with Crippen LogP contribution in [0.1, 0.15) is 116 Å². The minimum atomic E-state index is -0.749. The third-order valence-electron chi connectivity index (χ3n) is 8.33. The summed E-state index contributed by atoms with van der Waals surface area (Å²) in [5, 5.41) is 14.8. The number of carboxylic acid groups (broad SMARTS) is 1. The molecule has 1 aromatic carbocycles. The standard InChI is InChI=1S/C34H50N4O5S/c1-23(25-17-19-26(20-18-25)30-24(2)35-22-44-30)36-32(42)27-14-13-21-38(27)33(43)31(34(3,4)5)37-28(39)15-11-9-7-6-8-10-12-16-29(40)41/h17-20,22-23,27,31H,6-16,21H2,1-5H3,(H,36,42)(H,37,39)(H,40,41)/t23-,27-,31+/m0/s1. The van der Waals surface area contributed by atoms with Gasteiger partial charge in [0.1, 0.15) is 12.1 Å². The van der Waals surface area contributed by atoms with Gasteiger partial charge in [0.25, 0.3) is 0 Å². The van der Waals surface area contributed by atoms with Crippen molar-refractivity contribution in [3.63, 3.8) is 0 Å². The maximum Gasteiger partial charge on any atom is 0.303 e. The fourth-order valence-electron chi connectivity index (χ4n) is 5.69. The normalized spacial score (nSPS) is 16.4. The summed E-state index contributed by atoms with van der Waals surface area (Å²) in [7, 11) is 0. The Balaban J connectivity index is 1.50. The molecule has 2 heterocycles. The average Bonchev–Trinajstić information content (AvgIpc) is 3.63. The van der Waals surface area contributed by atoms with E-state index >= 15 is 0 Å². The van der Waals surface area contributed by atoms with Crippen LogP contribution in [-0.2, 0) is 19.2 Å². The number of benzene rings is 1. The maximum absolute atomic E-state index is 13.8. The lowest BCUT2D eigenvalue weighted by molar-refractivity contribution is -0.144. The summed E-state index contributed by atoms with van der Waals surface area (Å²) in [6.45, 7) is 10.2. The van der Waals surface area contributed by atoms with Gasteiger partial charge >= 0.3 is 5.97 Å². The van der Waals surface area contributed by atoms with Crippen LogP contribution >= 0.6 is 11.3 Å². The number of carbonyl (C=O) groups excluding carboxylic acids is 3. The lowest BCUT2D eigenvalue weighted by atomic mass is 9.85. The number of rotatable bonds is 16. The summed E-state index contributed by atoms with van der Waals surface area (Å²) in [5.74, 6) is -1.28. The second-order valence-electron chi connectivity index (χ2n) is 13.0. The molecule has 0 aliphatic carbocycles. The molecular weight excluding hydrogens is 576 g/mol. The van der Waals surface area contributed by atoms with Crippen LogP contribution in [0.3, 0.4) is 0 Å². The minimum Gasteiger partial charge on any atom is -0.481 e. The molecule has 10 heteroatoms. The van der Waals surface area contributed by atoms with Gasteiger partial charge < -0.3 is 20.6 Å². The van der Waals surface area contributed by atoms with Crippen LogP contribution in [0.25, 0.3) is 10.4 Å². The van der Waals surface area contributed by atoms with Gasteiger partial charge in [0.2, 0.25) is 17.7 Å². The summed E-state index contributed by atoms with van der Waals surface area (Å²) in [6.07, 6.45) is 8.21. The van der Waals surface area contributed by atoms with E-state index in [-0.39, 0.29) is 30.2 Å². The predicted octanol–water partition coefficient (Wildman–Crippen LogP) is 6.41. The maximum atomic E-state index is 13.8. The van der Waals surface area contributed by atoms with Crippen LogP contribution < -0.4 is 10.6 Å². The van der Waals surface area contributed by atoms with Gasteiger partial charge in [-0.05, 0) is 56.1 Å². The first-order chi connectivity index (χ1) is 20.9. The van der Waals surface area contributed by atoms with E-state index in [1.54, 1.807) is 16.2 Å². The van der Waals surface area contributed by atoms with Crippen molar-refractivity contribution in [3.05, 3.63) is 41.0 Å². The van der Waals surface area contributed by atoms with Crippen LogP contribution in [0, 0.1) is 12.3 Å². The Labute approximate surface area is 266 Å². The molecule has 0 bridgehead atoms. The molecule has 1 aromatic heterocycles. The highest BCUT2D eigenvalue weighted by Gasteiger charge is 2.42. The first-order valence-electron chi connectivity index (χ1n) is 16.0. The molecule has 3 atom stereocenters. The van der Waals surface area contributed by atoms with Crippen LogP contribution in [-0.4, -0.2) is 57.3 Å². The van der Waals surface area contributed by atoms with Crippen LogP contribution in [0.4, 0.5) is 0 Å². The molecule has 1 aliphatic heterocycles. The number of amides is 3. The number of carbonyl (C=O) groups is 4. The number of likely N-dealkylation sites (tertiary alicyclic amines) is 1. The molecule has 0 saturated carbocycles. The molecule has 3 rings (SSSR count). The van der Waals surface area contributed by atoms with Crippen LogP contribution in [0.2, 0.25) is 0 Å². The molecule has 0 unspecified atom stereocenters. The Morgan fingerprint density at radius 2 is 1.59 bits per heavy atom. The highest BCUT2D eigenvalue weighted by Crippen LogP contribution is 2.29. The van der Waals surface area contributed by atoms with Crippen LogP contribution in [0.15, 0.2) is 29.8 Å². The largest absolute Gasteiger partial charge is 0.481 e. The van der Waals surface area contributed by atoms with Crippen molar-refractivity contribution in [1.29, 1.82) is 0 Å². The number of unbranched alkanes of at least 4 members (excludes halogenated alkanes) is 6. The Hall–Kier alpha value is -3.27. The molecule has 3 amide bonds. The molecule has 1 saturated heterocycles. The number of aromatic nitrogens is 1. The predicted molar refractivity (Wildman–Crippen MR) is 174 cm³/mol. The monoisotopic (exact) mass is 626 g/mol. The molecule has 2 aromatic rings. The number of hydrogen-bond acceptors (Lipinski definition) is 6. The van der Waals surface area contributed by atoms with Gasteiger partial charge in [-0.1, -0.05) is 77.1 Å². The number of aryl methyl sites for hydroxylation is 1. The van der Waals surface area contributed by atoms with Crippen molar-refractivity contribution in [3.8, 4) is 10.4 Å². The third-order valence-corrected chi connectivity index (χ3v) is 9.31. The van der Waals surface area contributed by atoms with E-state index in [1.165, 1.54) is 0 Å². The molecule has 0 radical (unpaired) electrons. The Morgan fingerprint density at radius 3 is 2.16 bits per heavy atom. The number of aliphatic carboxylic acids is 1. The second kappa shape index (κ2) is 16.7. The van der Waals surface area contributed by atoms with Gasteiger partial charge in [0, 0.05) is 19.4 Å². The summed E-state index contributed by atoms with van der Waals surface area (Å²) in [5.41, 5.74) is 4.40. The fourth-order valence-corrected chi connectivity index (χ4v) is 6.50. The van der Waals surface area contributed by atoms with Gasteiger partial charge in [-0.2, -0.15) is 0 Å². The van der Waals surface area contributed by atoms with E-state index in [0.29, 0.717) is 25.8 Å². The Kier molecular flexibility index (Phi) is 13.4. The summed E-state index contributed by atoms with van der Waals surface area (Å²) in [4.78, 5) is 57.8. The van der Waals surface area contributed by atoms with E-state index in [9.17, 15) is 19.2 Å². The number of carboxylic acids is 1. The zero-order valence-electron chi connectivity index (χ0n) is 27.0. The van der Waals surface area contributed by atoms with Crippen molar-refractivity contribution in [2.45, 2.75) is 123 Å². The van der Waals surface area contributed by atoms with Gasteiger partial charge in [-0.25, -0.2) is 4.98 Å². The molecule has 242 valence electrons. The van der Waals surface area contributed by atoms with E-state index < -0.39 is 23.5 Å². The summed E-state index contributed by atoms with van der Waals surface area (Å²) in [6, 6.07) is 6.62. The second-order valence-corrected chi connectivity index (χ2v) is 13.9. The number of hydrogen-bond donors (Lipinski definition) is 3. The Bertz CT molecular complexity index is 1250. The first-order valence-corrected chi connectivity index (χ1v) is 16.9. The van der Waals surface area contributed by atoms with Crippen molar-refractivity contribution in [2.75, 3.05) is 6.54 Å². The Morgan fingerprint density at radius 1 is 0.977 bits per heavy atom. The quantitative estimate of drug-likeness (QED) is 0.185. The van der Waals surface area contributed by atoms with Crippen molar-refractivity contribution in [1.82, 2.24) is 20.5 Å². The number of nitrogens with one attached hydrogen (secondary N) is 2. The van der Waals surface area contributed by atoms with Crippen molar-refractivity contribution in [2.24, 2.45) is 5.41 Å². The minimum absolute atomic E-state index is 0.148. The van der Waals surface area contributed by atoms with E-state index in [1.807, 2.05) is 64.4 Å². The number of nitrogens with zero attached hydrogens (tertiary/aromatic N) is 2. The third kappa shape index (κ3) is 10.4. The van der Waals surface area contributed by atoms with Gasteiger partial charge in [-0.3, -0.25) is 19.2 Å². The lowest BCUT2D eigenvalue weighted by Crippen LogP contribution is -2.57. The van der Waals surface area contributed by atoms with Gasteiger partial charge in [0.15, 0.2) is 0 Å². The zero-order chi connectivity index (χ0) is 32.3. The first kappa shape index (κ1) is 35.2.